The van der Waals surface area contributed by atoms with Crippen LogP contribution in [0, 0.1) is 0 Å². The minimum Gasteiger partial charge on any atom is -0.744 e. The van der Waals surface area contributed by atoms with Gasteiger partial charge in [0.2, 0.25) is 0 Å². The zero-order chi connectivity index (χ0) is 36.2. The monoisotopic (exact) mass is 762 g/mol. The van der Waals surface area contributed by atoms with Gasteiger partial charge < -0.3 is 18.6 Å². The Morgan fingerprint density at radius 3 is 1.14 bits per heavy atom. The van der Waals surface area contributed by atoms with Gasteiger partial charge in [0.15, 0.2) is 0 Å². The Balaban J connectivity index is 0.000000347. The number of hydrogen-bond donors (Lipinski definition) is 0. The van der Waals surface area contributed by atoms with Crippen LogP contribution in [0.5, 0.6) is 23.0 Å². The van der Waals surface area contributed by atoms with Gasteiger partial charge in [0.05, 0.1) is 9.79 Å². The molecule has 4 aromatic rings. The van der Waals surface area contributed by atoms with Gasteiger partial charge in [-0.2, -0.15) is 0 Å². The van der Waals surface area contributed by atoms with Crippen molar-refractivity contribution in [1.29, 1.82) is 0 Å². The van der Waals surface area contributed by atoms with E-state index in [2.05, 4.69) is 13.8 Å². The number of unbranched alkanes of at least 4 members (excludes halogenated alkanes) is 10. The summed E-state index contributed by atoms with van der Waals surface area (Å²) in [4.78, 5) is -0.400. The molecule has 0 aliphatic heterocycles. The van der Waals surface area contributed by atoms with Gasteiger partial charge in [0.1, 0.15) is 43.2 Å². The van der Waals surface area contributed by atoms with E-state index in [0.717, 1.165) is 36.8 Å². The Bertz CT molecular complexity index is 1650. The van der Waals surface area contributed by atoms with Crippen LogP contribution in [-0.4, -0.2) is 63.7 Å². The molecule has 0 saturated heterocycles. The molecule has 0 aromatic heterocycles. The van der Waals surface area contributed by atoms with Crippen molar-refractivity contribution >= 4 is 58.0 Å². The molecule has 4 rings (SSSR count). The average molecular weight is 763 g/mol. The van der Waals surface area contributed by atoms with Crippen molar-refractivity contribution in [2.45, 2.75) is 114 Å². The van der Waals surface area contributed by atoms with Gasteiger partial charge in [-0.3, -0.25) is 0 Å². The summed E-state index contributed by atoms with van der Waals surface area (Å²) in [5.41, 5.74) is 1.52. The van der Waals surface area contributed by atoms with Crippen LogP contribution in [0.1, 0.15) is 102 Å². The topological polar surface area (TPSA) is 133 Å². The van der Waals surface area contributed by atoms with Crippen LogP contribution in [0.2, 0.25) is 0 Å². The van der Waals surface area contributed by atoms with Gasteiger partial charge in [-0.15, -0.1) is 0 Å². The Hall–Kier alpha value is -2.44. The van der Waals surface area contributed by atoms with Gasteiger partial charge in [-0.05, 0) is 97.5 Å². The van der Waals surface area contributed by atoms with Crippen molar-refractivity contribution in [3.05, 3.63) is 108 Å². The van der Waals surface area contributed by atoms with E-state index in [1.807, 2.05) is 60.7 Å². The quantitative estimate of drug-likeness (QED) is 0.0494. The zero-order valence-corrected chi connectivity index (χ0v) is 33.8. The minimum absolute atomic E-state index is 0. The molecular weight excluding hydrogens is 713 g/mol. The van der Waals surface area contributed by atoms with Crippen LogP contribution < -0.4 is 9.47 Å². The first-order chi connectivity index (χ1) is 24.0. The van der Waals surface area contributed by atoms with Crippen molar-refractivity contribution in [2.75, 3.05) is 0 Å². The summed E-state index contributed by atoms with van der Waals surface area (Å²) < 4.78 is 79.6. The summed E-state index contributed by atoms with van der Waals surface area (Å²) in [7, 11) is -8.93. The van der Waals surface area contributed by atoms with Gasteiger partial charge in [0.25, 0.3) is 0 Å². The second-order valence-corrected chi connectivity index (χ2v) is 15.1. The van der Waals surface area contributed by atoms with Crippen LogP contribution in [-0.2, 0) is 33.1 Å². The van der Waals surface area contributed by atoms with E-state index in [9.17, 15) is 25.9 Å². The first-order valence-electron chi connectivity index (χ1n) is 17.6. The fraction of sp³-hybridized carbons (Fsp3) is 0.400. The number of para-hydroxylation sites is 2. The van der Waals surface area contributed by atoms with E-state index < -0.39 is 20.2 Å². The van der Waals surface area contributed by atoms with Crippen molar-refractivity contribution in [3.8, 4) is 23.0 Å². The van der Waals surface area contributed by atoms with Crippen molar-refractivity contribution < 1.29 is 35.4 Å². The first kappa shape index (κ1) is 44.7. The second-order valence-electron chi connectivity index (χ2n) is 12.3. The summed E-state index contributed by atoms with van der Waals surface area (Å²) in [6.07, 6.45) is 15.1. The molecule has 8 nitrogen and oxygen atoms in total. The first-order valence-corrected chi connectivity index (χ1v) is 20.5. The largest absolute Gasteiger partial charge is 2.00 e. The predicted molar refractivity (Wildman–Crippen MR) is 202 cm³/mol. The SMILES string of the molecule is CCCCCCCCc1cc(S(=O)(=O)[O-])ccc1Oc1ccccc1.CCCCCCCCc1cc(S(=O)(=O)[O-])ccc1Oc1ccccc1.[Ca+2]. The Kier molecular flexibility index (Phi) is 21.0. The Morgan fingerprint density at radius 1 is 0.471 bits per heavy atom. The Morgan fingerprint density at radius 2 is 0.804 bits per heavy atom. The molecule has 0 bridgehead atoms. The van der Waals surface area contributed by atoms with Crippen molar-refractivity contribution in [2.24, 2.45) is 0 Å². The number of benzene rings is 4. The predicted octanol–water partition coefficient (Wildman–Crippen LogP) is 10.2. The van der Waals surface area contributed by atoms with Gasteiger partial charge in [0, 0.05) is 0 Å². The standard InChI is InChI=1S/2C20H26O4S.Ca/c2*1-2-3-4-5-6-8-11-17-16-19(25(21,22)23)14-15-20(17)24-18-12-9-7-10-13-18;/h2*7,9-10,12-16H,2-6,8,11H2,1H3,(H,21,22,23);/q;;+2/p-2. The molecule has 0 radical (unpaired) electrons. The Labute approximate surface area is 335 Å². The third-order valence-corrected chi connectivity index (χ3v) is 9.85. The summed E-state index contributed by atoms with van der Waals surface area (Å²) >= 11 is 0. The van der Waals surface area contributed by atoms with Crippen LogP contribution in [0.15, 0.2) is 107 Å². The zero-order valence-electron chi connectivity index (χ0n) is 29.9. The van der Waals surface area contributed by atoms with Crippen LogP contribution in [0.25, 0.3) is 0 Å². The second kappa shape index (κ2) is 24.0. The number of aryl methyl sites for hydroxylation is 2. The fourth-order valence-electron chi connectivity index (χ4n) is 5.44. The van der Waals surface area contributed by atoms with Crippen molar-refractivity contribution in [3.63, 3.8) is 0 Å². The molecule has 0 spiro atoms. The summed E-state index contributed by atoms with van der Waals surface area (Å²) in [5.74, 6) is 2.58. The van der Waals surface area contributed by atoms with Gasteiger partial charge >= 0.3 is 37.7 Å². The van der Waals surface area contributed by atoms with E-state index in [4.69, 9.17) is 9.47 Å². The van der Waals surface area contributed by atoms with Gasteiger partial charge in [-0.25, -0.2) is 16.8 Å². The number of ether oxygens (including phenoxy) is 2. The van der Waals surface area contributed by atoms with Gasteiger partial charge in [-0.1, -0.05) is 114 Å². The average Bonchev–Trinajstić information content (AvgIpc) is 3.09. The normalized spacial score (nSPS) is 11.2. The molecule has 0 amide bonds. The molecule has 0 atom stereocenters. The van der Waals surface area contributed by atoms with Crippen molar-refractivity contribution in [1.82, 2.24) is 0 Å². The van der Waals surface area contributed by atoms with E-state index in [1.165, 1.54) is 75.6 Å². The number of hydrogen-bond acceptors (Lipinski definition) is 8. The van der Waals surface area contributed by atoms with E-state index in [0.29, 0.717) is 35.8 Å². The molecule has 4 aromatic carbocycles. The maximum Gasteiger partial charge on any atom is 2.00 e. The minimum atomic E-state index is -4.46. The molecular formula is C40H50CaO8S2. The van der Waals surface area contributed by atoms with E-state index >= 15 is 0 Å². The third-order valence-electron chi connectivity index (χ3n) is 8.18. The molecule has 0 unspecified atom stereocenters. The summed E-state index contributed by atoms with van der Waals surface area (Å²) in [6, 6.07) is 27.3. The fourth-order valence-corrected chi connectivity index (χ4v) is 6.48. The smallest absolute Gasteiger partial charge is 0.744 e. The van der Waals surface area contributed by atoms with E-state index in [-0.39, 0.29) is 47.5 Å². The molecule has 0 fully saturated rings. The molecule has 0 aliphatic rings. The molecule has 0 heterocycles. The molecule has 0 aliphatic carbocycles. The summed E-state index contributed by atoms with van der Waals surface area (Å²) in [5, 5.41) is 0. The molecule has 51 heavy (non-hydrogen) atoms. The third kappa shape index (κ3) is 17.3. The molecule has 272 valence electrons. The maximum atomic E-state index is 11.3. The molecule has 0 saturated carbocycles. The molecule has 11 heteroatoms. The maximum absolute atomic E-state index is 11.3. The summed E-state index contributed by atoms with van der Waals surface area (Å²) in [6.45, 7) is 4.37. The van der Waals surface area contributed by atoms with Crippen LogP contribution in [0.3, 0.4) is 0 Å². The van der Waals surface area contributed by atoms with Crippen LogP contribution in [0.4, 0.5) is 0 Å². The number of rotatable bonds is 20. The van der Waals surface area contributed by atoms with Crippen LogP contribution >= 0.6 is 0 Å². The van der Waals surface area contributed by atoms with E-state index in [1.54, 1.807) is 12.1 Å². The molecule has 0 N–H and O–H groups in total.